The predicted octanol–water partition coefficient (Wildman–Crippen LogP) is -0.465. The van der Waals surface area contributed by atoms with Crippen molar-refractivity contribution >= 4 is 22.7 Å². The molecule has 2 aromatic rings. The molecule has 0 bridgehead atoms. The van der Waals surface area contributed by atoms with Gasteiger partial charge >= 0.3 is 5.97 Å². The second-order valence-corrected chi connectivity index (χ2v) is 5.02. The smallest absolute Gasteiger partial charge is 0.343 e. The van der Waals surface area contributed by atoms with Crippen LogP contribution < -0.4 is 4.74 Å². The molecular weight excluding hydrogens is 306 g/mol. The van der Waals surface area contributed by atoms with E-state index in [1.54, 1.807) is 12.1 Å². The first kappa shape index (κ1) is 15.2. The summed E-state index contributed by atoms with van der Waals surface area (Å²) in [5, 5.41) is 29.4. The fourth-order valence-electron chi connectivity index (χ4n) is 2.31. The van der Waals surface area contributed by atoms with Gasteiger partial charge in [0, 0.05) is 11.6 Å². The van der Waals surface area contributed by atoms with Crippen LogP contribution in [0.25, 0.3) is 10.9 Å². The molecule has 3 atom stereocenters. The van der Waals surface area contributed by atoms with E-state index >= 15 is 0 Å². The number of fused-ring (bicyclic) bond motifs is 1. The fourth-order valence-corrected chi connectivity index (χ4v) is 2.31. The number of esters is 1. The monoisotopic (exact) mass is 319 g/mol. The van der Waals surface area contributed by atoms with E-state index in [4.69, 9.17) is 4.74 Å². The molecule has 8 heteroatoms. The number of cyclic esters (lactones) is 1. The first-order chi connectivity index (χ1) is 11.0. The van der Waals surface area contributed by atoms with Crippen molar-refractivity contribution in [1.29, 1.82) is 0 Å². The van der Waals surface area contributed by atoms with Crippen LogP contribution in [0.4, 0.5) is 0 Å². The number of pyridine rings is 1. The number of aromatic hydroxyl groups is 1. The Balaban J connectivity index is 1.75. The highest BCUT2D eigenvalue weighted by atomic mass is 16.6. The Bertz CT molecular complexity index is 776. The molecule has 1 aliphatic heterocycles. The third-order valence-electron chi connectivity index (χ3n) is 3.48. The Morgan fingerprint density at radius 1 is 1.30 bits per heavy atom. The number of rotatable bonds is 4. The second-order valence-electron chi connectivity index (χ2n) is 5.02. The average molecular weight is 319 g/mol. The van der Waals surface area contributed by atoms with E-state index in [1.807, 2.05) is 0 Å². The molecule has 23 heavy (non-hydrogen) atoms. The van der Waals surface area contributed by atoms with E-state index in [0.29, 0.717) is 16.7 Å². The predicted molar refractivity (Wildman–Crippen MR) is 75.8 cm³/mol. The first-order valence-corrected chi connectivity index (χ1v) is 6.79. The van der Waals surface area contributed by atoms with Gasteiger partial charge < -0.3 is 24.8 Å². The SMILES string of the molecule is O=C1OC(C(O)COc2ccc(O)c3ncccc23)C(=O)C1O. The van der Waals surface area contributed by atoms with Crippen LogP contribution >= 0.6 is 0 Å². The zero-order chi connectivity index (χ0) is 16.6. The molecule has 3 rings (SSSR count). The Morgan fingerprint density at radius 2 is 2.09 bits per heavy atom. The maximum atomic E-state index is 11.6. The number of carbonyl (C=O) groups is 2. The van der Waals surface area contributed by atoms with E-state index in [9.17, 15) is 24.9 Å². The van der Waals surface area contributed by atoms with Crippen molar-refractivity contribution in [1.82, 2.24) is 4.98 Å². The summed E-state index contributed by atoms with van der Waals surface area (Å²) in [7, 11) is 0. The Labute approximate surface area is 129 Å². The van der Waals surface area contributed by atoms with Crippen LogP contribution in [-0.2, 0) is 14.3 Å². The van der Waals surface area contributed by atoms with E-state index in [1.165, 1.54) is 18.3 Å². The molecule has 0 radical (unpaired) electrons. The number of ketones is 1. The maximum absolute atomic E-state index is 11.6. The number of hydrogen-bond acceptors (Lipinski definition) is 8. The van der Waals surface area contributed by atoms with Crippen LogP contribution in [0.1, 0.15) is 0 Å². The van der Waals surface area contributed by atoms with Crippen LogP contribution in [0.15, 0.2) is 30.5 Å². The van der Waals surface area contributed by atoms with Crippen LogP contribution in [0.5, 0.6) is 11.5 Å². The third-order valence-corrected chi connectivity index (χ3v) is 3.48. The van der Waals surface area contributed by atoms with Crippen molar-refractivity contribution < 1.29 is 34.4 Å². The number of aliphatic hydroxyl groups is 2. The molecule has 8 nitrogen and oxygen atoms in total. The molecule has 2 heterocycles. The molecule has 0 amide bonds. The Kier molecular flexibility index (Phi) is 3.85. The minimum Gasteiger partial charge on any atom is -0.506 e. The van der Waals surface area contributed by atoms with E-state index in [2.05, 4.69) is 9.72 Å². The molecule has 0 spiro atoms. The highest BCUT2D eigenvalue weighted by molar-refractivity contribution is 6.09. The van der Waals surface area contributed by atoms with Crippen molar-refractivity contribution in [3.05, 3.63) is 30.5 Å². The zero-order valence-electron chi connectivity index (χ0n) is 11.7. The minimum atomic E-state index is -1.87. The molecule has 3 unspecified atom stereocenters. The van der Waals surface area contributed by atoms with E-state index in [0.717, 1.165) is 0 Å². The van der Waals surface area contributed by atoms with Crippen molar-refractivity contribution in [2.75, 3.05) is 6.61 Å². The van der Waals surface area contributed by atoms with Gasteiger partial charge in [-0.2, -0.15) is 0 Å². The Hall–Kier alpha value is -2.71. The average Bonchev–Trinajstić information content (AvgIpc) is 2.82. The van der Waals surface area contributed by atoms with Gasteiger partial charge in [-0.15, -0.1) is 0 Å². The minimum absolute atomic E-state index is 0.0171. The van der Waals surface area contributed by atoms with Crippen molar-refractivity contribution in [2.24, 2.45) is 0 Å². The van der Waals surface area contributed by atoms with E-state index in [-0.39, 0.29) is 12.4 Å². The number of aromatic nitrogens is 1. The summed E-state index contributed by atoms with van der Waals surface area (Å²) in [6.07, 6.45) is -3.24. The van der Waals surface area contributed by atoms with Gasteiger partial charge in [0.15, 0.2) is 6.10 Å². The number of carbonyl (C=O) groups excluding carboxylic acids is 2. The lowest BCUT2D eigenvalue weighted by Gasteiger charge is -2.17. The fraction of sp³-hybridized carbons (Fsp3) is 0.267. The third kappa shape index (κ3) is 2.69. The molecule has 0 saturated carbocycles. The first-order valence-electron chi connectivity index (χ1n) is 6.79. The summed E-state index contributed by atoms with van der Waals surface area (Å²) in [4.78, 5) is 26.7. The molecule has 1 saturated heterocycles. The molecule has 1 aromatic carbocycles. The van der Waals surface area contributed by atoms with Crippen LogP contribution in [-0.4, -0.2) is 57.0 Å². The molecule has 1 fully saturated rings. The lowest BCUT2D eigenvalue weighted by Crippen LogP contribution is -2.38. The molecular formula is C15H13NO7. The normalized spacial score (nSPS) is 22.2. The molecule has 1 aliphatic rings. The highest BCUT2D eigenvalue weighted by Gasteiger charge is 2.46. The number of hydrogen-bond donors (Lipinski definition) is 3. The van der Waals surface area contributed by atoms with Crippen LogP contribution in [0.2, 0.25) is 0 Å². The molecule has 120 valence electrons. The summed E-state index contributed by atoms with van der Waals surface area (Å²) in [6, 6.07) is 6.21. The molecule has 3 N–H and O–H groups in total. The highest BCUT2D eigenvalue weighted by Crippen LogP contribution is 2.30. The van der Waals surface area contributed by atoms with Crippen molar-refractivity contribution in [3.63, 3.8) is 0 Å². The quantitative estimate of drug-likeness (QED) is 0.510. The second kappa shape index (κ2) is 5.82. The van der Waals surface area contributed by atoms with Gasteiger partial charge in [-0.25, -0.2) is 4.79 Å². The van der Waals surface area contributed by atoms with Gasteiger partial charge in [0.05, 0.1) is 0 Å². The molecule has 1 aromatic heterocycles. The van der Waals surface area contributed by atoms with Gasteiger partial charge in [-0.1, -0.05) is 0 Å². The van der Waals surface area contributed by atoms with Crippen LogP contribution in [0, 0.1) is 0 Å². The largest absolute Gasteiger partial charge is 0.506 e. The van der Waals surface area contributed by atoms with E-state index < -0.39 is 30.1 Å². The number of phenols is 1. The van der Waals surface area contributed by atoms with Gasteiger partial charge in [-0.3, -0.25) is 9.78 Å². The van der Waals surface area contributed by atoms with Gasteiger partial charge in [0.2, 0.25) is 11.9 Å². The summed E-state index contributed by atoms with van der Waals surface area (Å²) >= 11 is 0. The van der Waals surface area contributed by atoms with Gasteiger partial charge in [-0.05, 0) is 24.3 Å². The van der Waals surface area contributed by atoms with Crippen molar-refractivity contribution in [2.45, 2.75) is 18.3 Å². The van der Waals surface area contributed by atoms with Gasteiger partial charge in [0.1, 0.15) is 29.7 Å². The maximum Gasteiger partial charge on any atom is 0.343 e. The molecule has 0 aliphatic carbocycles. The summed E-state index contributed by atoms with van der Waals surface area (Å²) in [5.41, 5.74) is 0.332. The van der Waals surface area contributed by atoms with Crippen molar-refractivity contribution in [3.8, 4) is 11.5 Å². The number of ether oxygens (including phenoxy) is 2. The zero-order valence-corrected chi connectivity index (χ0v) is 11.7. The number of Topliss-reactive ketones (excluding diaryl/α,β-unsaturated/α-hetero) is 1. The summed E-state index contributed by atoms with van der Waals surface area (Å²) in [6.45, 7) is -0.342. The summed E-state index contributed by atoms with van der Waals surface area (Å²) in [5.74, 6) is -1.67. The summed E-state index contributed by atoms with van der Waals surface area (Å²) < 4.78 is 10.1. The topological polar surface area (TPSA) is 126 Å². The standard InChI is InChI=1S/C15H13NO7/c17-8-3-4-10(7-2-1-5-16-11(7)8)22-6-9(18)14-12(19)13(20)15(21)23-14/h1-5,9,13-14,17-18,20H,6H2. The van der Waals surface area contributed by atoms with Gasteiger partial charge in [0.25, 0.3) is 0 Å². The Morgan fingerprint density at radius 3 is 2.78 bits per heavy atom. The lowest BCUT2D eigenvalue weighted by molar-refractivity contribution is -0.151. The number of aliphatic hydroxyl groups excluding tert-OH is 2. The number of phenolic OH excluding ortho intramolecular Hbond substituents is 1. The van der Waals surface area contributed by atoms with Crippen LogP contribution in [0.3, 0.4) is 0 Å². The lowest BCUT2D eigenvalue weighted by atomic mass is 10.1. The number of benzene rings is 1. The number of nitrogens with zero attached hydrogens (tertiary/aromatic N) is 1.